The molecule has 2 atom stereocenters. The van der Waals surface area contributed by atoms with Crippen molar-refractivity contribution in [1.29, 1.82) is 0 Å². The average Bonchev–Trinajstić information content (AvgIpc) is 2.03. The van der Waals surface area contributed by atoms with E-state index >= 15 is 0 Å². The number of halogens is 1. The van der Waals surface area contributed by atoms with Crippen LogP contribution in [0.2, 0.25) is 0 Å². The molecule has 0 aromatic heterocycles. The smallest absolute Gasteiger partial charge is 0.173 e. The Labute approximate surface area is 72.8 Å². The third kappa shape index (κ3) is 2.97. The van der Waals surface area contributed by atoms with E-state index in [4.69, 9.17) is 21.1 Å². The molecule has 1 saturated heterocycles. The minimum atomic E-state index is -0.162. The van der Waals surface area contributed by atoms with Crippen molar-refractivity contribution in [2.75, 3.05) is 13.2 Å². The highest BCUT2D eigenvalue weighted by Gasteiger charge is 2.23. The lowest BCUT2D eigenvalue weighted by Crippen LogP contribution is -2.32. The van der Waals surface area contributed by atoms with Crippen molar-refractivity contribution in [2.24, 2.45) is 0 Å². The van der Waals surface area contributed by atoms with E-state index < -0.39 is 0 Å². The van der Waals surface area contributed by atoms with Gasteiger partial charge in [0.1, 0.15) is 0 Å². The zero-order chi connectivity index (χ0) is 8.10. The molecule has 3 heteroatoms. The second-order valence-corrected chi connectivity index (χ2v) is 3.33. The molecule has 2 unspecified atom stereocenters. The highest BCUT2D eigenvalue weighted by molar-refractivity contribution is 6.20. The van der Waals surface area contributed by atoms with E-state index in [1.54, 1.807) is 0 Å². The molecule has 0 N–H and O–H groups in total. The predicted octanol–water partition coefficient (Wildman–Crippen LogP) is 2.16. The Balaban J connectivity index is 2.18. The van der Waals surface area contributed by atoms with Crippen LogP contribution in [0.3, 0.4) is 0 Å². The Morgan fingerprint density at radius 2 is 2.45 bits per heavy atom. The van der Waals surface area contributed by atoms with Gasteiger partial charge in [-0.05, 0) is 19.3 Å². The summed E-state index contributed by atoms with van der Waals surface area (Å²) in [5.41, 5.74) is 0. The maximum Gasteiger partial charge on any atom is 0.173 e. The van der Waals surface area contributed by atoms with E-state index in [1.807, 2.05) is 0 Å². The number of rotatable bonds is 3. The van der Waals surface area contributed by atoms with Gasteiger partial charge in [0.2, 0.25) is 0 Å². The second kappa shape index (κ2) is 4.96. The molecule has 1 aliphatic heterocycles. The molecule has 1 heterocycles. The molecule has 11 heavy (non-hydrogen) atoms. The second-order valence-electron chi connectivity index (χ2n) is 2.77. The topological polar surface area (TPSA) is 18.5 Å². The molecular weight excluding hydrogens is 164 g/mol. The molecule has 66 valence electrons. The maximum atomic E-state index is 5.97. The summed E-state index contributed by atoms with van der Waals surface area (Å²) < 4.78 is 10.7. The molecule has 0 spiro atoms. The molecule has 0 aliphatic carbocycles. The summed E-state index contributed by atoms with van der Waals surface area (Å²) in [6.45, 7) is 3.61. The number of hydrogen-bond donors (Lipinski definition) is 0. The molecule has 1 fully saturated rings. The van der Waals surface area contributed by atoms with Crippen molar-refractivity contribution in [3.8, 4) is 0 Å². The summed E-state index contributed by atoms with van der Waals surface area (Å²) in [6, 6.07) is 0. The fourth-order valence-electron chi connectivity index (χ4n) is 1.10. The summed E-state index contributed by atoms with van der Waals surface area (Å²) in [4.78, 5) is 0. The molecule has 0 radical (unpaired) electrons. The molecule has 0 aromatic carbocycles. The Hall–Kier alpha value is 0.210. The molecule has 1 rings (SSSR count). The number of hydrogen-bond acceptors (Lipinski definition) is 2. The molecular formula is C8H15ClO2. The Bertz CT molecular complexity index is 108. The van der Waals surface area contributed by atoms with Crippen LogP contribution >= 0.6 is 11.6 Å². The molecule has 0 bridgehead atoms. The molecule has 0 saturated carbocycles. The van der Waals surface area contributed by atoms with Crippen molar-refractivity contribution in [3.63, 3.8) is 0 Å². The van der Waals surface area contributed by atoms with E-state index in [2.05, 4.69) is 6.92 Å². The number of alkyl halides is 1. The summed E-state index contributed by atoms with van der Waals surface area (Å²) >= 11 is 5.97. The van der Waals surface area contributed by atoms with Crippen LogP contribution < -0.4 is 0 Å². The predicted molar refractivity (Wildman–Crippen MR) is 44.9 cm³/mol. The van der Waals surface area contributed by atoms with Crippen LogP contribution in [-0.4, -0.2) is 24.9 Å². The van der Waals surface area contributed by atoms with Gasteiger partial charge in [-0.2, -0.15) is 0 Å². The van der Waals surface area contributed by atoms with Gasteiger partial charge in [-0.15, -0.1) is 11.6 Å². The fourth-order valence-corrected chi connectivity index (χ4v) is 1.40. The van der Waals surface area contributed by atoms with E-state index in [9.17, 15) is 0 Å². The van der Waals surface area contributed by atoms with E-state index in [1.165, 1.54) is 0 Å². The Morgan fingerprint density at radius 1 is 1.64 bits per heavy atom. The first kappa shape index (κ1) is 9.30. The standard InChI is InChI=1S/C8H15ClO2/c1-2-5-10-8-7(9)4-3-6-11-8/h7-8H,2-6H2,1H3. The SMILES string of the molecule is CCCOC1OCCCC1Cl. The van der Waals surface area contributed by atoms with Crippen LogP contribution in [0, 0.1) is 0 Å². The van der Waals surface area contributed by atoms with Gasteiger partial charge in [0, 0.05) is 13.2 Å². The van der Waals surface area contributed by atoms with Gasteiger partial charge in [-0.3, -0.25) is 0 Å². The van der Waals surface area contributed by atoms with Crippen molar-refractivity contribution < 1.29 is 9.47 Å². The van der Waals surface area contributed by atoms with Crippen molar-refractivity contribution in [2.45, 2.75) is 37.9 Å². The monoisotopic (exact) mass is 178 g/mol. The van der Waals surface area contributed by atoms with Crippen molar-refractivity contribution >= 4 is 11.6 Å². The maximum absolute atomic E-state index is 5.97. The van der Waals surface area contributed by atoms with Crippen molar-refractivity contribution in [3.05, 3.63) is 0 Å². The highest BCUT2D eigenvalue weighted by atomic mass is 35.5. The summed E-state index contributed by atoms with van der Waals surface area (Å²) in [7, 11) is 0. The lowest BCUT2D eigenvalue weighted by Gasteiger charge is -2.27. The zero-order valence-electron chi connectivity index (χ0n) is 6.88. The third-order valence-corrected chi connectivity index (χ3v) is 2.11. The molecule has 2 nitrogen and oxygen atoms in total. The minimum absolute atomic E-state index is 0.0512. The van der Waals surface area contributed by atoms with E-state index in [-0.39, 0.29) is 11.7 Å². The normalized spacial score (nSPS) is 32.2. The van der Waals surface area contributed by atoms with E-state index in [0.29, 0.717) is 0 Å². The zero-order valence-corrected chi connectivity index (χ0v) is 7.64. The van der Waals surface area contributed by atoms with Gasteiger partial charge in [-0.1, -0.05) is 6.92 Å². The van der Waals surface area contributed by atoms with Gasteiger partial charge in [0.25, 0.3) is 0 Å². The summed E-state index contributed by atoms with van der Waals surface area (Å²) in [5, 5.41) is 0.0512. The van der Waals surface area contributed by atoms with Crippen molar-refractivity contribution in [1.82, 2.24) is 0 Å². The first-order chi connectivity index (χ1) is 5.34. The molecule has 0 aromatic rings. The highest BCUT2D eigenvalue weighted by Crippen LogP contribution is 2.20. The molecule has 0 amide bonds. The lowest BCUT2D eigenvalue weighted by molar-refractivity contribution is -0.159. The van der Waals surface area contributed by atoms with Gasteiger partial charge < -0.3 is 9.47 Å². The Morgan fingerprint density at radius 3 is 3.09 bits per heavy atom. The first-order valence-electron chi connectivity index (χ1n) is 4.22. The van der Waals surface area contributed by atoms with Gasteiger partial charge in [0.05, 0.1) is 5.38 Å². The van der Waals surface area contributed by atoms with Crippen LogP contribution in [0.25, 0.3) is 0 Å². The van der Waals surface area contributed by atoms with Crippen LogP contribution in [0.15, 0.2) is 0 Å². The minimum Gasteiger partial charge on any atom is -0.351 e. The average molecular weight is 179 g/mol. The Kier molecular flexibility index (Phi) is 4.20. The van der Waals surface area contributed by atoms with Crippen LogP contribution in [0.5, 0.6) is 0 Å². The van der Waals surface area contributed by atoms with Gasteiger partial charge in [0.15, 0.2) is 6.29 Å². The summed E-state index contributed by atoms with van der Waals surface area (Å²) in [6.07, 6.45) is 2.92. The van der Waals surface area contributed by atoms with Gasteiger partial charge in [-0.25, -0.2) is 0 Å². The largest absolute Gasteiger partial charge is 0.351 e. The van der Waals surface area contributed by atoms with Crippen LogP contribution in [-0.2, 0) is 9.47 Å². The summed E-state index contributed by atoms with van der Waals surface area (Å²) in [5.74, 6) is 0. The van der Waals surface area contributed by atoms with Crippen LogP contribution in [0.1, 0.15) is 26.2 Å². The first-order valence-corrected chi connectivity index (χ1v) is 4.65. The lowest BCUT2D eigenvalue weighted by atomic mass is 10.2. The number of ether oxygens (including phenoxy) is 2. The van der Waals surface area contributed by atoms with Gasteiger partial charge >= 0.3 is 0 Å². The fraction of sp³-hybridized carbons (Fsp3) is 1.00. The molecule has 1 aliphatic rings. The van der Waals surface area contributed by atoms with Crippen LogP contribution in [0.4, 0.5) is 0 Å². The van der Waals surface area contributed by atoms with E-state index in [0.717, 1.165) is 32.5 Å². The third-order valence-electron chi connectivity index (χ3n) is 1.69. The quantitative estimate of drug-likeness (QED) is 0.617.